The molecule has 1 heterocycles. The molecule has 0 atom stereocenters. The van der Waals surface area contributed by atoms with Crippen LogP contribution in [-0.4, -0.2) is 68.2 Å². The van der Waals surface area contributed by atoms with E-state index in [1.165, 1.54) is 28.6 Å². The Bertz CT molecular complexity index is 1270. The van der Waals surface area contributed by atoms with Crippen LogP contribution in [0.5, 0.6) is 0 Å². The third kappa shape index (κ3) is 4.66. The number of hydrogen-bond donors (Lipinski definition) is 0. The minimum atomic E-state index is -3.81. The van der Waals surface area contributed by atoms with E-state index >= 15 is 0 Å². The summed E-state index contributed by atoms with van der Waals surface area (Å²) in [4.78, 5) is 1.45. The number of piperazine rings is 1. The Labute approximate surface area is 175 Å². The predicted octanol–water partition coefficient (Wildman–Crippen LogP) is 1.14. The Hall–Kier alpha value is -2.02. The zero-order chi connectivity index (χ0) is 22.3. The van der Waals surface area contributed by atoms with Crippen LogP contribution < -0.4 is 4.90 Å². The minimum absolute atomic E-state index is 0.0216. The second kappa shape index (κ2) is 7.91. The van der Waals surface area contributed by atoms with Gasteiger partial charge in [-0.3, -0.25) is 0 Å². The molecule has 0 aromatic heterocycles. The van der Waals surface area contributed by atoms with Crippen molar-refractivity contribution in [3.63, 3.8) is 0 Å². The first-order valence-electron chi connectivity index (χ1n) is 8.85. The lowest BCUT2D eigenvalue weighted by Gasteiger charge is -2.36. The van der Waals surface area contributed by atoms with Crippen molar-refractivity contribution in [3.05, 3.63) is 48.3 Å². The number of rotatable bonds is 5. The van der Waals surface area contributed by atoms with Crippen molar-refractivity contribution >= 4 is 35.4 Å². The Morgan fingerprint density at radius 1 is 0.733 bits per heavy atom. The number of benzene rings is 2. The van der Waals surface area contributed by atoms with Gasteiger partial charge in [-0.05, 0) is 42.5 Å². The molecule has 0 aliphatic carbocycles. The Morgan fingerprint density at radius 3 is 1.77 bits per heavy atom. The van der Waals surface area contributed by atoms with E-state index < -0.39 is 35.5 Å². The first kappa shape index (κ1) is 22.7. The molecule has 30 heavy (non-hydrogen) atoms. The molecule has 0 radical (unpaired) electrons. The minimum Gasteiger partial charge on any atom is -0.368 e. The average molecular weight is 477 g/mol. The molecular weight excluding hydrogens is 455 g/mol. The van der Waals surface area contributed by atoms with Crippen molar-refractivity contribution in [2.24, 2.45) is 0 Å². The number of nitrogens with zero attached hydrogens (tertiary/aromatic N) is 2. The highest BCUT2D eigenvalue weighted by molar-refractivity contribution is 7.91. The second-order valence-corrected chi connectivity index (χ2v) is 13.0. The van der Waals surface area contributed by atoms with Gasteiger partial charge in [0.1, 0.15) is 5.82 Å². The Kier molecular flexibility index (Phi) is 5.98. The van der Waals surface area contributed by atoms with Crippen LogP contribution in [0.1, 0.15) is 0 Å². The van der Waals surface area contributed by atoms with Gasteiger partial charge in [-0.15, -0.1) is 0 Å². The molecule has 2 aromatic rings. The summed E-state index contributed by atoms with van der Waals surface area (Å²) < 4.78 is 87.9. The van der Waals surface area contributed by atoms with Crippen molar-refractivity contribution in [2.45, 2.75) is 14.7 Å². The number of hydrogen-bond acceptors (Lipinski definition) is 7. The van der Waals surface area contributed by atoms with Crippen LogP contribution in [-0.2, 0) is 29.7 Å². The van der Waals surface area contributed by atoms with Gasteiger partial charge >= 0.3 is 0 Å². The van der Waals surface area contributed by atoms with E-state index in [0.717, 1.165) is 30.7 Å². The molecule has 0 unspecified atom stereocenters. The fourth-order valence-corrected chi connectivity index (χ4v) is 6.27. The SMILES string of the molecule is CS(=O)(=O)c1ccc(N2CCN(S(=O)(=O)c3ccc(F)cc3)CC2)c(S(C)(=O)=O)c1. The van der Waals surface area contributed by atoms with Crippen molar-refractivity contribution in [1.82, 2.24) is 4.31 Å². The van der Waals surface area contributed by atoms with Gasteiger partial charge < -0.3 is 4.90 Å². The fraction of sp³-hybridized carbons (Fsp3) is 0.333. The molecule has 0 saturated carbocycles. The summed E-state index contributed by atoms with van der Waals surface area (Å²) in [6, 6.07) is 8.43. The molecule has 12 heteroatoms. The summed E-state index contributed by atoms with van der Waals surface area (Å²) in [6.45, 7) is 0.607. The molecular formula is C18H21FN2O6S3. The lowest BCUT2D eigenvalue weighted by Crippen LogP contribution is -2.49. The van der Waals surface area contributed by atoms with Crippen molar-refractivity contribution in [1.29, 1.82) is 0 Å². The smallest absolute Gasteiger partial charge is 0.243 e. The van der Waals surface area contributed by atoms with Gasteiger partial charge in [-0.25, -0.2) is 29.6 Å². The van der Waals surface area contributed by atoms with Crippen LogP contribution in [0.15, 0.2) is 57.2 Å². The second-order valence-electron chi connectivity index (χ2n) is 7.02. The third-order valence-electron chi connectivity index (χ3n) is 4.79. The summed E-state index contributed by atoms with van der Waals surface area (Å²) in [7, 11) is -11.1. The maximum atomic E-state index is 13.1. The zero-order valence-corrected chi connectivity index (χ0v) is 18.8. The normalized spacial score (nSPS) is 16.6. The van der Waals surface area contributed by atoms with Crippen molar-refractivity contribution in [2.75, 3.05) is 43.6 Å². The van der Waals surface area contributed by atoms with Crippen LogP contribution in [0.2, 0.25) is 0 Å². The largest absolute Gasteiger partial charge is 0.368 e. The standard InChI is InChI=1S/C18H21FN2O6S3/c1-28(22,23)16-7-8-17(18(13-16)29(2,24)25)20-9-11-21(12-10-20)30(26,27)15-5-3-14(19)4-6-15/h3-8,13H,9-12H2,1-2H3. The quantitative estimate of drug-likeness (QED) is 0.637. The molecule has 0 bridgehead atoms. The van der Waals surface area contributed by atoms with E-state index in [2.05, 4.69) is 0 Å². The summed E-state index contributed by atoms with van der Waals surface area (Å²) >= 11 is 0. The van der Waals surface area contributed by atoms with Gasteiger partial charge in [-0.1, -0.05) is 0 Å². The molecule has 1 aliphatic heterocycles. The van der Waals surface area contributed by atoms with Gasteiger partial charge in [0.15, 0.2) is 19.7 Å². The molecule has 1 aliphatic rings. The van der Waals surface area contributed by atoms with E-state index in [1.807, 2.05) is 0 Å². The van der Waals surface area contributed by atoms with Gasteiger partial charge in [0, 0.05) is 38.7 Å². The summed E-state index contributed by atoms with van der Waals surface area (Å²) in [5.41, 5.74) is 0.323. The van der Waals surface area contributed by atoms with Gasteiger partial charge in [0.25, 0.3) is 0 Å². The van der Waals surface area contributed by atoms with Crippen LogP contribution in [0.25, 0.3) is 0 Å². The number of halogens is 1. The highest BCUT2D eigenvalue weighted by Crippen LogP contribution is 2.30. The number of sulfonamides is 1. The van der Waals surface area contributed by atoms with Gasteiger partial charge in [0.05, 0.1) is 20.4 Å². The maximum absolute atomic E-state index is 13.1. The molecule has 1 saturated heterocycles. The fourth-order valence-electron chi connectivity index (χ4n) is 3.21. The molecule has 0 N–H and O–H groups in total. The molecule has 1 fully saturated rings. The van der Waals surface area contributed by atoms with E-state index in [-0.39, 0.29) is 40.9 Å². The van der Waals surface area contributed by atoms with Gasteiger partial charge in [-0.2, -0.15) is 4.31 Å². The summed E-state index contributed by atoms with van der Waals surface area (Å²) in [5, 5.41) is 0. The third-order valence-corrected chi connectivity index (χ3v) is 8.94. The zero-order valence-electron chi connectivity index (χ0n) is 16.3. The van der Waals surface area contributed by atoms with E-state index in [9.17, 15) is 29.6 Å². The first-order valence-corrected chi connectivity index (χ1v) is 14.1. The lowest BCUT2D eigenvalue weighted by molar-refractivity contribution is 0.384. The molecule has 3 rings (SSSR count). The highest BCUT2D eigenvalue weighted by atomic mass is 32.2. The Balaban J connectivity index is 1.87. The monoisotopic (exact) mass is 476 g/mol. The molecule has 0 spiro atoms. The van der Waals surface area contributed by atoms with Crippen molar-refractivity contribution in [3.8, 4) is 0 Å². The summed E-state index contributed by atoms with van der Waals surface area (Å²) in [6.07, 6.45) is 1.99. The number of sulfone groups is 2. The van der Waals surface area contributed by atoms with Crippen molar-refractivity contribution < 1.29 is 29.6 Å². The van der Waals surface area contributed by atoms with Crippen LogP contribution in [0.4, 0.5) is 10.1 Å². The highest BCUT2D eigenvalue weighted by Gasteiger charge is 2.30. The first-order chi connectivity index (χ1) is 13.8. The number of anilines is 1. The maximum Gasteiger partial charge on any atom is 0.243 e. The van der Waals surface area contributed by atoms with Gasteiger partial charge in [0.2, 0.25) is 10.0 Å². The van der Waals surface area contributed by atoms with E-state index in [4.69, 9.17) is 0 Å². The molecule has 8 nitrogen and oxygen atoms in total. The summed E-state index contributed by atoms with van der Waals surface area (Å²) in [5.74, 6) is -0.537. The van der Waals surface area contributed by atoms with E-state index in [0.29, 0.717) is 5.69 Å². The van der Waals surface area contributed by atoms with Crippen LogP contribution >= 0.6 is 0 Å². The molecule has 2 aromatic carbocycles. The predicted molar refractivity (Wildman–Crippen MR) is 110 cm³/mol. The average Bonchev–Trinajstić information content (AvgIpc) is 2.66. The lowest BCUT2D eigenvalue weighted by atomic mass is 10.2. The molecule has 0 amide bonds. The Morgan fingerprint density at radius 2 is 1.27 bits per heavy atom. The van der Waals surface area contributed by atoms with E-state index in [1.54, 1.807) is 4.90 Å². The van der Waals surface area contributed by atoms with Crippen LogP contribution in [0, 0.1) is 5.82 Å². The molecule has 164 valence electrons. The van der Waals surface area contributed by atoms with Crippen LogP contribution in [0.3, 0.4) is 0 Å². The topological polar surface area (TPSA) is 109 Å².